The van der Waals surface area contributed by atoms with E-state index in [1.165, 1.54) is 12.6 Å². The molecule has 164 valence electrons. The summed E-state index contributed by atoms with van der Waals surface area (Å²) in [5.74, 6) is -0.0868. The molecule has 2 heterocycles. The summed E-state index contributed by atoms with van der Waals surface area (Å²) < 4.78 is 5.46. The molecule has 30 heavy (non-hydrogen) atoms. The first-order chi connectivity index (χ1) is 14.3. The van der Waals surface area contributed by atoms with Gasteiger partial charge in [0.25, 0.3) is 5.56 Å². The second kappa shape index (κ2) is 7.18. The largest absolute Gasteiger partial charge is 0.507 e. The summed E-state index contributed by atoms with van der Waals surface area (Å²) in [6.07, 6.45) is 6.53. The van der Waals surface area contributed by atoms with Gasteiger partial charge in [0.05, 0.1) is 6.10 Å². The van der Waals surface area contributed by atoms with Crippen LogP contribution in [-0.2, 0) is 10.3 Å². The van der Waals surface area contributed by atoms with Crippen LogP contribution in [0.4, 0.5) is 0 Å². The maximum Gasteiger partial charge on any atom is 0.262 e. The number of aromatic nitrogens is 1. The number of ketones is 1. The van der Waals surface area contributed by atoms with Crippen molar-refractivity contribution in [1.82, 2.24) is 4.98 Å². The van der Waals surface area contributed by atoms with Crippen molar-refractivity contribution in [3.05, 3.63) is 27.7 Å². The number of Topliss-reactive ketones (excluding diaryl/α,β-unsaturated/α-hetero) is 1. The molecule has 0 bridgehead atoms. The fraction of sp³-hybridized carbons (Fsp3) is 0.739. The average molecular weight is 418 g/mol. The molecule has 4 fully saturated rings. The third kappa shape index (κ3) is 2.97. The van der Waals surface area contributed by atoms with E-state index >= 15 is 0 Å². The number of aliphatic hydroxyl groups excluding tert-OH is 1. The standard InChI is InChI=1S/C23H31NO6/c1-11-6-7-12-4-2-3-5-13(12)16(11)19(27)17-18(26)14(10-24-22(17)28)23(29)9-8-15(25)20-21(23)30-20/h10-13,15-16,20-21,25,29H,2-9H2,1H3,(H2,24,26,28)/t11-,12+,13+,15+,16+,20+,21+,23-/m1/s1. The average Bonchev–Trinajstić information content (AvgIpc) is 3.53. The van der Waals surface area contributed by atoms with Gasteiger partial charge in [0, 0.05) is 17.7 Å². The molecule has 4 N–H and O–H groups in total. The van der Waals surface area contributed by atoms with E-state index in [4.69, 9.17) is 4.74 Å². The molecule has 1 aliphatic heterocycles. The Hall–Kier alpha value is -1.70. The lowest BCUT2D eigenvalue weighted by Crippen LogP contribution is -2.43. The summed E-state index contributed by atoms with van der Waals surface area (Å²) in [4.78, 5) is 28.9. The fourth-order valence-corrected chi connectivity index (χ4v) is 6.61. The zero-order valence-electron chi connectivity index (χ0n) is 17.3. The van der Waals surface area contributed by atoms with Crippen molar-refractivity contribution in [3.8, 4) is 5.75 Å². The second-order valence-corrected chi connectivity index (χ2v) is 9.96. The van der Waals surface area contributed by atoms with Crippen molar-refractivity contribution in [2.24, 2.45) is 23.7 Å². The van der Waals surface area contributed by atoms with Crippen LogP contribution in [0.25, 0.3) is 0 Å². The van der Waals surface area contributed by atoms with E-state index in [0.717, 1.165) is 32.1 Å². The Balaban J connectivity index is 1.52. The maximum absolute atomic E-state index is 13.7. The molecule has 3 saturated carbocycles. The first-order valence-corrected chi connectivity index (χ1v) is 11.4. The molecule has 0 unspecified atom stereocenters. The normalized spacial score (nSPS) is 42.8. The Labute approximate surface area is 175 Å². The van der Waals surface area contributed by atoms with Crippen LogP contribution in [-0.4, -0.2) is 44.4 Å². The molecule has 4 aliphatic rings. The number of aromatic hydroxyl groups is 1. The van der Waals surface area contributed by atoms with Crippen molar-refractivity contribution >= 4 is 5.78 Å². The van der Waals surface area contributed by atoms with Gasteiger partial charge in [-0.1, -0.05) is 26.2 Å². The third-order valence-corrected chi connectivity index (χ3v) is 8.31. The van der Waals surface area contributed by atoms with Crippen molar-refractivity contribution in [3.63, 3.8) is 0 Å². The number of fused-ring (bicyclic) bond motifs is 2. The minimum atomic E-state index is -1.53. The van der Waals surface area contributed by atoms with Crippen molar-refractivity contribution in [2.45, 2.75) is 82.2 Å². The van der Waals surface area contributed by atoms with E-state index < -0.39 is 35.2 Å². The summed E-state index contributed by atoms with van der Waals surface area (Å²) in [5, 5.41) is 32.3. The minimum absolute atomic E-state index is 0.119. The third-order valence-electron chi connectivity index (χ3n) is 8.31. The van der Waals surface area contributed by atoms with Gasteiger partial charge in [-0.2, -0.15) is 0 Å². The number of hydrogen-bond acceptors (Lipinski definition) is 6. The molecule has 1 aromatic heterocycles. The van der Waals surface area contributed by atoms with E-state index in [1.54, 1.807) is 0 Å². The van der Waals surface area contributed by atoms with E-state index in [0.29, 0.717) is 12.3 Å². The lowest BCUT2D eigenvalue weighted by atomic mass is 9.60. The van der Waals surface area contributed by atoms with Gasteiger partial charge in [0.2, 0.25) is 0 Å². The van der Waals surface area contributed by atoms with Crippen LogP contribution in [0.5, 0.6) is 5.75 Å². The highest BCUT2D eigenvalue weighted by molar-refractivity contribution is 6.00. The molecule has 0 radical (unpaired) electrons. The van der Waals surface area contributed by atoms with Gasteiger partial charge in [-0.15, -0.1) is 0 Å². The Morgan fingerprint density at radius 3 is 2.77 bits per heavy atom. The Kier molecular flexibility index (Phi) is 4.84. The van der Waals surface area contributed by atoms with E-state index in [1.807, 2.05) is 0 Å². The van der Waals surface area contributed by atoms with Crippen molar-refractivity contribution in [2.75, 3.05) is 0 Å². The Bertz CT molecular complexity index is 911. The fourth-order valence-electron chi connectivity index (χ4n) is 6.61. The highest BCUT2D eigenvalue weighted by Crippen LogP contribution is 2.52. The predicted octanol–water partition coefficient (Wildman–Crippen LogP) is 2.23. The molecule has 7 nitrogen and oxygen atoms in total. The van der Waals surface area contributed by atoms with Gasteiger partial charge in [-0.3, -0.25) is 9.59 Å². The van der Waals surface area contributed by atoms with E-state index in [-0.39, 0.29) is 41.1 Å². The van der Waals surface area contributed by atoms with Crippen LogP contribution < -0.4 is 5.56 Å². The molecule has 0 amide bonds. The van der Waals surface area contributed by atoms with Gasteiger partial charge in [0.15, 0.2) is 5.78 Å². The summed E-state index contributed by atoms with van der Waals surface area (Å²) >= 11 is 0. The molecule has 0 spiro atoms. The van der Waals surface area contributed by atoms with E-state index in [9.17, 15) is 24.9 Å². The Morgan fingerprint density at radius 1 is 1.20 bits per heavy atom. The summed E-state index contributed by atoms with van der Waals surface area (Å²) in [5.41, 5.74) is -2.25. The summed E-state index contributed by atoms with van der Waals surface area (Å²) in [6.45, 7) is 2.07. The van der Waals surface area contributed by atoms with Crippen LogP contribution in [0.1, 0.15) is 74.2 Å². The number of H-pyrrole nitrogens is 1. The van der Waals surface area contributed by atoms with Crippen LogP contribution in [0, 0.1) is 23.7 Å². The van der Waals surface area contributed by atoms with Crippen LogP contribution >= 0.6 is 0 Å². The first-order valence-electron chi connectivity index (χ1n) is 11.4. The van der Waals surface area contributed by atoms with E-state index in [2.05, 4.69) is 11.9 Å². The van der Waals surface area contributed by atoms with Crippen LogP contribution in [0.3, 0.4) is 0 Å². The highest BCUT2D eigenvalue weighted by Gasteiger charge is 2.62. The molecule has 1 aromatic rings. The second-order valence-electron chi connectivity index (χ2n) is 9.96. The highest BCUT2D eigenvalue weighted by atomic mass is 16.6. The van der Waals surface area contributed by atoms with Gasteiger partial charge >= 0.3 is 0 Å². The number of carbonyl (C=O) groups excluding carboxylic acids is 1. The number of aliphatic hydroxyl groups is 2. The molecule has 3 aliphatic carbocycles. The van der Waals surface area contributed by atoms with Gasteiger partial charge in [-0.05, 0) is 49.9 Å². The molecular formula is C23H31NO6. The zero-order valence-corrected chi connectivity index (χ0v) is 17.3. The monoisotopic (exact) mass is 417 g/mol. The van der Waals surface area contributed by atoms with Gasteiger partial charge in [0.1, 0.15) is 29.1 Å². The molecule has 8 atom stereocenters. The summed E-state index contributed by atoms with van der Waals surface area (Å²) in [7, 11) is 0. The number of rotatable bonds is 3. The van der Waals surface area contributed by atoms with Gasteiger partial charge < -0.3 is 25.0 Å². The molecule has 1 saturated heterocycles. The number of nitrogens with one attached hydrogen (secondary N) is 1. The van der Waals surface area contributed by atoms with Gasteiger partial charge in [-0.25, -0.2) is 0 Å². The smallest absolute Gasteiger partial charge is 0.262 e. The minimum Gasteiger partial charge on any atom is -0.507 e. The molecule has 0 aromatic carbocycles. The first kappa shape index (κ1) is 20.2. The number of ether oxygens (including phenoxy) is 1. The maximum atomic E-state index is 13.7. The number of aromatic amines is 1. The molecule has 7 heteroatoms. The number of carbonyl (C=O) groups is 1. The number of hydrogen-bond donors (Lipinski definition) is 4. The Morgan fingerprint density at radius 2 is 1.97 bits per heavy atom. The quantitative estimate of drug-likeness (QED) is 0.442. The number of epoxide rings is 1. The lowest BCUT2D eigenvalue weighted by Gasteiger charge is -2.44. The zero-order chi connectivity index (χ0) is 21.2. The molecule has 5 rings (SSSR count). The van der Waals surface area contributed by atoms with Crippen molar-refractivity contribution < 1.29 is 24.9 Å². The summed E-state index contributed by atoms with van der Waals surface area (Å²) in [6, 6.07) is 0. The SMILES string of the molecule is C[C@@H]1CC[C@@H]2CCCC[C@@H]2[C@H]1C(=O)c1c(O)c([C@]2(O)CC[C@H](O)[C@@H]3O[C@@H]32)c[nH]c1=O. The van der Waals surface area contributed by atoms with Crippen molar-refractivity contribution in [1.29, 1.82) is 0 Å². The lowest BCUT2D eigenvalue weighted by molar-refractivity contribution is -0.0231. The predicted molar refractivity (Wildman–Crippen MR) is 108 cm³/mol. The van der Waals surface area contributed by atoms with Crippen LogP contribution in [0.15, 0.2) is 11.0 Å². The van der Waals surface area contributed by atoms with Crippen LogP contribution in [0.2, 0.25) is 0 Å². The topological polar surface area (TPSA) is 123 Å². The number of pyridine rings is 1. The molecular weight excluding hydrogens is 386 g/mol.